The van der Waals surface area contributed by atoms with Gasteiger partial charge in [-0.3, -0.25) is 4.79 Å². The highest BCUT2D eigenvalue weighted by Gasteiger charge is 2.25. The third-order valence-electron chi connectivity index (χ3n) is 5.07. The molecule has 1 aliphatic rings. The lowest BCUT2D eigenvalue weighted by molar-refractivity contribution is -0.118. The molecule has 1 aromatic carbocycles. The lowest BCUT2D eigenvalue weighted by Gasteiger charge is -2.23. The van der Waals surface area contributed by atoms with Gasteiger partial charge in [-0.15, -0.1) is 5.10 Å². The van der Waals surface area contributed by atoms with Gasteiger partial charge in [-0.05, 0) is 80.8 Å². The third kappa shape index (κ3) is 7.02. The second kappa shape index (κ2) is 9.86. The molecule has 0 aliphatic carbocycles. The highest BCUT2D eigenvalue weighted by molar-refractivity contribution is 5.96. The Labute approximate surface area is 182 Å². The number of anilines is 1. The zero-order valence-corrected chi connectivity index (χ0v) is 18.6. The first-order valence-electron chi connectivity index (χ1n) is 10.5. The van der Waals surface area contributed by atoms with E-state index in [1.807, 2.05) is 12.1 Å². The molecule has 0 radical (unpaired) electrons. The summed E-state index contributed by atoms with van der Waals surface area (Å²) in [6.07, 6.45) is 2.00. The topological polar surface area (TPSA) is 125 Å². The first-order chi connectivity index (χ1) is 14.7. The molecule has 2 heterocycles. The number of amides is 2. The smallest absolute Gasteiger partial charge is 0.408 e. The standard InChI is InChI=1S/C21H31N7O3/c1-21(2,3)31-20(30)23-17(7-8-18-24-26-27-25-18)19(29)22-16-6-5-14-9-11-28(4)12-10-15(14)13-16/h5-6,13,17H,7-12H2,1-4H3,(H,22,29)(H,23,30)(H,24,25,26,27)/t17-/m1/s1. The third-order valence-corrected chi connectivity index (χ3v) is 5.07. The number of nitrogens with zero attached hydrogens (tertiary/aromatic N) is 4. The van der Waals surface area contributed by atoms with Crippen LogP contribution >= 0.6 is 0 Å². The number of rotatable bonds is 6. The van der Waals surface area contributed by atoms with Gasteiger partial charge in [-0.25, -0.2) is 9.89 Å². The number of carbonyl (C=O) groups excluding carboxylic acids is 2. The molecule has 0 saturated heterocycles. The molecular weight excluding hydrogens is 398 g/mol. The van der Waals surface area contributed by atoms with E-state index in [0.29, 0.717) is 24.4 Å². The van der Waals surface area contributed by atoms with E-state index in [0.717, 1.165) is 25.9 Å². The molecule has 10 heteroatoms. The van der Waals surface area contributed by atoms with Gasteiger partial charge in [0, 0.05) is 25.2 Å². The Morgan fingerprint density at radius 3 is 2.65 bits per heavy atom. The second-order valence-electron chi connectivity index (χ2n) is 8.86. The lowest BCUT2D eigenvalue weighted by Crippen LogP contribution is -2.46. The molecule has 0 bridgehead atoms. The fourth-order valence-electron chi connectivity index (χ4n) is 3.43. The number of tetrazole rings is 1. The summed E-state index contributed by atoms with van der Waals surface area (Å²) >= 11 is 0. The quantitative estimate of drug-likeness (QED) is 0.638. The Bertz CT molecular complexity index is 893. The number of hydrogen-bond acceptors (Lipinski definition) is 7. The molecule has 31 heavy (non-hydrogen) atoms. The number of nitrogens with one attached hydrogen (secondary N) is 3. The van der Waals surface area contributed by atoms with Crippen molar-refractivity contribution < 1.29 is 14.3 Å². The minimum atomic E-state index is -0.801. The summed E-state index contributed by atoms with van der Waals surface area (Å²) < 4.78 is 5.32. The molecule has 2 amide bonds. The summed E-state index contributed by atoms with van der Waals surface area (Å²) in [4.78, 5) is 27.6. The van der Waals surface area contributed by atoms with Gasteiger partial charge in [-0.1, -0.05) is 6.07 Å². The van der Waals surface area contributed by atoms with Crippen molar-refractivity contribution in [2.24, 2.45) is 0 Å². The summed E-state index contributed by atoms with van der Waals surface area (Å²) in [5, 5.41) is 19.2. The maximum Gasteiger partial charge on any atom is 0.408 e. The summed E-state index contributed by atoms with van der Waals surface area (Å²) in [6, 6.07) is 5.20. The first kappa shape index (κ1) is 22.7. The van der Waals surface area contributed by atoms with Crippen LogP contribution in [0.3, 0.4) is 0 Å². The molecular formula is C21H31N7O3. The monoisotopic (exact) mass is 429 g/mol. The van der Waals surface area contributed by atoms with E-state index < -0.39 is 17.7 Å². The van der Waals surface area contributed by atoms with Crippen LogP contribution in [0.1, 0.15) is 44.1 Å². The maximum atomic E-state index is 13.0. The van der Waals surface area contributed by atoms with Crippen LogP contribution in [0.15, 0.2) is 18.2 Å². The number of fused-ring (bicyclic) bond motifs is 1. The van der Waals surface area contributed by atoms with Crippen LogP contribution in [0.4, 0.5) is 10.5 Å². The van der Waals surface area contributed by atoms with E-state index in [1.165, 1.54) is 11.1 Å². The highest BCUT2D eigenvalue weighted by atomic mass is 16.6. The molecule has 0 spiro atoms. The van der Waals surface area contributed by atoms with Crippen molar-refractivity contribution in [1.82, 2.24) is 30.8 Å². The summed E-state index contributed by atoms with van der Waals surface area (Å²) in [7, 11) is 2.12. The van der Waals surface area contributed by atoms with Gasteiger partial charge in [0.2, 0.25) is 5.91 Å². The number of benzene rings is 1. The molecule has 1 aliphatic heterocycles. The predicted octanol–water partition coefficient (Wildman–Crippen LogP) is 1.69. The molecule has 1 aromatic heterocycles. The molecule has 0 saturated carbocycles. The summed E-state index contributed by atoms with van der Waals surface area (Å²) in [6.45, 7) is 7.33. The molecule has 10 nitrogen and oxygen atoms in total. The minimum absolute atomic E-state index is 0.316. The van der Waals surface area contributed by atoms with Crippen LogP contribution in [-0.4, -0.2) is 69.3 Å². The Morgan fingerprint density at radius 1 is 1.23 bits per heavy atom. The van der Waals surface area contributed by atoms with E-state index in [1.54, 1.807) is 20.8 Å². The number of carbonyl (C=O) groups is 2. The van der Waals surface area contributed by atoms with E-state index in [2.05, 4.69) is 49.3 Å². The largest absolute Gasteiger partial charge is 0.444 e. The van der Waals surface area contributed by atoms with E-state index in [4.69, 9.17) is 4.74 Å². The minimum Gasteiger partial charge on any atom is -0.444 e. The van der Waals surface area contributed by atoms with Crippen molar-refractivity contribution in [2.75, 3.05) is 25.5 Å². The van der Waals surface area contributed by atoms with Crippen molar-refractivity contribution in [3.63, 3.8) is 0 Å². The van der Waals surface area contributed by atoms with Gasteiger partial charge >= 0.3 is 6.09 Å². The molecule has 0 fully saturated rings. The SMILES string of the molecule is CN1CCc2ccc(NC(=O)[C@@H](CCc3nnn[nH]3)NC(=O)OC(C)(C)C)cc2CC1. The number of alkyl carbamates (subject to hydrolysis) is 1. The van der Waals surface area contributed by atoms with Gasteiger partial charge in [0.25, 0.3) is 0 Å². The number of H-pyrrole nitrogens is 1. The van der Waals surface area contributed by atoms with Crippen LogP contribution in [0, 0.1) is 0 Å². The van der Waals surface area contributed by atoms with E-state index >= 15 is 0 Å². The Morgan fingerprint density at radius 2 is 1.97 bits per heavy atom. The van der Waals surface area contributed by atoms with Crippen LogP contribution in [-0.2, 0) is 28.8 Å². The number of aromatic nitrogens is 4. The van der Waals surface area contributed by atoms with Crippen molar-refractivity contribution in [2.45, 2.75) is 58.1 Å². The normalized spacial score (nSPS) is 15.5. The molecule has 3 rings (SSSR count). The molecule has 168 valence electrons. The predicted molar refractivity (Wildman–Crippen MR) is 116 cm³/mol. The molecule has 2 aromatic rings. The average molecular weight is 430 g/mol. The number of likely N-dealkylation sites (N-methyl/N-ethyl adjacent to an activating group) is 1. The maximum absolute atomic E-state index is 13.0. The number of ether oxygens (including phenoxy) is 1. The first-order valence-corrected chi connectivity index (χ1v) is 10.5. The van der Waals surface area contributed by atoms with Crippen molar-refractivity contribution >= 4 is 17.7 Å². The average Bonchev–Trinajstić information content (AvgIpc) is 3.14. The summed E-state index contributed by atoms with van der Waals surface area (Å²) in [5.41, 5.74) is 2.60. The highest BCUT2D eigenvalue weighted by Crippen LogP contribution is 2.20. The van der Waals surface area contributed by atoms with Crippen molar-refractivity contribution in [3.05, 3.63) is 35.2 Å². The van der Waals surface area contributed by atoms with Crippen molar-refractivity contribution in [3.8, 4) is 0 Å². The van der Waals surface area contributed by atoms with Crippen LogP contribution in [0.25, 0.3) is 0 Å². The number of hydrogen-bond donors (Lipinski definition) is 3. The zero-order valence-electron chi connectivity index (χ0n) is 18.6. The molecule has 1 atom stereocenters. The van der Waals surface area contributed by atoms with Gasteiger partial charge in [0.15, 0.2) is 0 Å². The van der Waals surface area contributed by atoms with Gasteiger partial charge < -0.3 is 20.3 Å². The lowest BCUT2D eigenvalue weighted by atomic mass is 10.0. The van der Waals surface area contributed by atoms with Crippen molar-refractivity contribution in [1.29, 1.82) is 0 Å². The van der Waals surface area contributed by atoms with E-state index in [-0.39, 0.29) is 5.91 Å². The zero-order chi connectivity index (χ0) is 22.4. The Kier molecular flexibility index (Phi) is 7.21. The molecule has 0 unspecified atom stereocenters. The summed E-state index contributed by atoms with van der Waals surface area (Å²) in [5.74, 6) is 0.224. The van der Waals surface area contributed by atoms with Crippen LogP contribution in [0.2, 0.25) is 0 Å². The van der Waals surface area contributed by atoms with E-state index in [9.17, 15) is 9.59 Å². The van der Waals surface area contributed by atoms with Gasteiger partial charge in [-0.2, -0.15) is 0 Å². The number of aryl methyl sites for hydroxylation is 1. The fourth-order valence-corrected chi connectivity index (χ4v) is 3.43. The van der Waals surface area contributed by atoms with Gasteiger partial charge in [0.05, 0.1) is 0 Å². The number of aromatic amines is 1. The van der Waals surface area contributed by atoms with Gasteiger partial charge in [0.1, 0.15) is 17.5 Å². The van der Waals surface area contributed by atoms with Crippen LogP contribution in [0.5, 0.6) is 0 Å². The second-order valence-corrected chi connectivity index (χ2v) is 8.86. The molecule has 3 N–H and O–H groups in total. The van der Waals surface area contributed by atoms with Crippen LogP contribution < -0.4 is 10.6 Å². The Hall–Kier alpha value is -3.01. The Balaban J connectivity index is 1.69. The fraction of sp³-hybridized carbons (Fsp3) is 0.571.